The van der Waals surface area contributed by atoms with E-state index in [0.29, 0.717) is 21.4 Å². The van der Waals surface area contributed by atoms with Crippen molar-refractivity contribution in [3.8, 4) is 0 Å². The molecule has 2 aromatic heterocycles. The van der Waals surface area contributed by atoms with Crippen molar-refractivity contribution in [3.63, 3.8) is 0 Å². The quantitative estimate of drug-likeness (QED) is 0.0945. The summed E-state index contributed by atoms with van der Waals surface area (Å²) in [5, 5.41) is 25.1. The monoisotopic (exact) mass is 561 g/mol. The Kier molecular flexibility index (Phi) is 7.92. The van der Waals surface area contributed by atoms with E-state index in [2.05, 4.69) is 25.7 Å². The number of carboxylic acids is 1. The molecule has 0 radical (unpaired) electrons. The van der Waals surface area contributed by atoms with Crippen LogP contribution in [0.5, 0.6) is 0 Å². The largest absolute Gasteiger partial charge is 0.477 e. The van der Waals surface area contributed by atoms with Crippen LogP contribution in [0.2, 0.25) is 0 Å². The number of carbonyl (C=O) groups is 3. The number of thioether (sulfide) groups is 2. The molecule has 34 heavy (non-hydrogen) atoms. The van der Waals surface area contributed by atoms with E-state index >= 15 is 0 Å². The van der Waals surface area contributed by atoms with E-state index in [1.54, 1.807) is 5.51 Å². The van der Waals surface area contributed by atoms with Gasteiger partial charge in [0.1, 0.15) is 34.9 Å². The van der Waals surface area contributed by atoms with Crippen LogP contribution in [0, 0.1) is 0 Å². The molecule has 2 aliphatic rings. The summed E-state index contributed by atoms with van der Waals surface area (Å²) in [4.78, 5) is 48.1. The van der Waals surface area contributed by atoms with Crippen LogP contribution in [-0.2, 0) is 19.2 Å². The van der Waals surface area contributed by atoms with E-state index in [0.717, 1.165) is 11.3 Å². The van der Waals surface area contributed by atoms with Gasteiger partial charge in [-0.3, -0.25) is 14.5 Å². The van der Waals surface area contributed by atoms with Gasteiger partial charge in [0.2, 0.25) is 0 Å². The molecule has 0 aliphatic carbocycles. The number of alkyl halides is 1. The smallest absolute Gasteiger partial charge is 0.352 e. The number of carboxylic acid groups (broad SMARTS) is 1. The summed E-state index contributed by atoms with van der Waals surface area (Å²) in [6.07, 6.45) is 0. The molecule has 1 saturated heterocycles. The van der Waals surface area contributed by atoms with Crippen molar-refractivity contribution < 1.29 is 24.3 Å². The van der Waals surface area contributed by atoms with Crippen molar-refractivity contribution >= 4 is 86.4 Å². The fourth-order valence-electron chi connectivity index (χ4n) is 3.12. The van der Waals surface area contributed by atoms with Gasteiger partial charge in [0.25, 0.3) is 11.8 Å². The molecule has 2 aliphatic heterocycles. The number of amides is 2. The van der Waals surface area contributed by atoms with Gasteiger partial charge in [-0.15, -0.1) is 44.9 Å². The first-order valence-corrected chi connectivity index (χ1v) is 13.8. The molecular weight excluding hydrogens is 546 g/mol. The highest BCUT2D eigenvalue weighted by Gasteiger charge is 2.54. The predicted molar refractivity (Wildman–Crippen MR) is 130 cm³/mol. The highest BCUT2D eigenvalue weighted by atomic mass is 35.5. The molecule has 180 valence electrons. The van der Waals surface area contributed by atoms with E-state index in [9.17, 15) is 19.5 Å². The van der Waals surface area contributed by atoms with E-state index in [4.69, 9.17) is 22.2 Å². The number of nitrogens with zero attached hydrogens (tertiary/aromatic N) is 5. The Balaban J connectivity index is 1.49. The number of oxime groups is 1. The highest BCUT2D eigenvalue weighted by molar-refractivity contribution is 8.01. The molecule has 2 unspecified atom stereocenters. The number of hydrogen-bond donors (Lipinski definition) is 3. The van der Waals surface area contributed by atoms with Gasteiger partial charge >= 0.3 is 5.97 Å². The van der Waals surface area contributed by atoms with Crippen LogP contribution in [0.25, 0.3) is 0 Å². The zero-order valence-corrected chi connectivity index (χ0v) is 21.1. The summed E-state index contributed by atoms with van der Waals surface area (Å²) >= 11 is 10.8. The number of nitrogens with two attached hydrogens (primary N) is 1. The van der Waals surface area contributed by atoms with Crippen molar-refractivity contribution in [3.05, 3.63) is 27.9 Å². The molecular formula is C17H16ClN7O5S4. The summed E-state index contributed by atoms with van der Waals surface area (Å²) < 4.78 is 0.704. The van der Waals surface area contributed by atoms with Gasteiger partial charge in [0, 0.05) is 16.9 Å². The van der Waals surface area contributed by atoms with E-state index in [1.807, 2.05) is 0 Å². The number of nitrogens with one attached hydrogen (secondary N) is 1. The fraction of sp³-hybridized carbons (Fsp3) is 0.353. The second kappa shape index (κ2) is 10.9. The van der Waals surface area contributed by atoms with Crippen molar-refractivity contribution in [2.75, 3.05) is 29.7 Å². The molecule has 4 heterocycles. The Hall–Kier alpha value is -2.40. The molecule has 0 saturated carbocycles. The fourth-order valence-corrected chi connectivity index (χ4v) is 6.71. The molecule has 1 fully saturated rings. The number of anilines is 1. The highest BCUT2D eigenvalue weighted by Crippen LogP contribution is 2.41. The Morgan fingerprint density at radius 1 is 1.44 bits per heavy atom. The second-order valence-electron chi connectivity index (χ2n) is 6.64. The Morgan fingerprint density at radius 2 is 2.26 bits per heavy atom. The van der Waals surface area contributed by atoms with Crippen molar-refractivity contribution in [1.29, 1.82) is 0 Å². The van der Waals surface area contributed by atoms with Crippen molar-refractivity contribution in [2.24, 2.45) is 5.16 Å². The van der Waals surface area contributed by atoms with Crippen LogP contribution in [0.4, 0.5) is 5.13 Å². The molecule has 0 bridgehead atoms. The van der Waals surface area contributed by atoms with Crippen LogP contribution in [0.15, 0.2) is 31.7 Å². The van der Waals surface area contributed by atoms with Crippen LogP contribution < -0.4 is 11.1 Å². The predicted octanol–water partition coefficient (Wildman–Crippen LogP) is 1.07. The first-order valence-electron chi connectivity index (χ1n) is 9.47. The van der Waals surface area contributed by atoms with Crippen LogP contribution in [0.3, 0.4) is 0 Å². The number of carbonyl (C=O) groups excluding carboxylic acids is 2. The normalized spacial score (nSPS) is 20.1. The SMILES string of the molecule is Nc1nc(/C(=N\OCCCl)C(=O)NC2C(=O)N3C(C(=O)O)=C(CSc4nncs4)CSC23)cs1. The number of halogens is 1. The Bertz CT molecular complexity index is 1160. The Morgan fingerprint density at radius 3 is 2.91 bits per heavy atom. The molecule has 12 nitrogen and oxygen atoms in total. The van der Waals surface area contributed by atoms with Gasteiger partial charge in [-0.1, -0.05) is 28.3 Å². The molecule has 0 aromatic carbocycles. The van der Waals surface area contributed by atoms with Gasteiger partial charge < -0.3 is 21.0 Å². The lowest BCUT2D eigenvalue weighted by Gasteiger charge is -2.49. The van der Waals surface area contributed by atoms with Crippen LogP contribution >= 0.6 is 57.8 Å². The number of rotatable bonds is 10. The minimum Gasteiger partial charge on any atom is -0.477 e. The van der Waals surface area contributed by atoms with Gasteiger partial charge in [0.15, 0.2) is 15.2 Å². The van der Waals surface area contributed by atoms with Crippen LogP contribution in [0.1, 0.15) is 5.69 Å². The third-order valence-electron chi connectivity index (χ3n) is 4.55. The summed E-state index contributed by atoms with van der Waals surface area (Å²) in [6, 6.07) is -0.932. The third kappa shape index (κ3) is 5.14. The molecule has 2 amide bonds. The van der Waals surface area contributed by atoms with Crippen molar-refractivity contribution in [1.82, 2.24) is 25.4 Å². The van der Waals surface area contributed by atoms with Gasteiger partial charge in [-0.2, -0.15) is 0 Å². The molecule has 2 aromatic rings. The molecule has 17 heteroatoms. The summed E-state index contributed by atoms with van der Waals surface area (Å²) in [5.74, 6) is -1.52. The average Bonchev–Trinajstić information content (AvgIpc) is 3.49. The van der Waals surface area contributed by atoms with E-state index in [1.165, 1.54) is 45.1 Å². The molecule has 2 atom stereocenters. The zero-order valence-electron chi connectivity index (χ0n) is 17.0. The topological polar surface area (TPSA) is 173 Å². The lowest BCUT2D eigenvalue weighted by atomic mass is 10.0. The van der Waals surface area contributed by atoms with E-state index < -0.39 is 29.2 Å². The summed E-state index contributed by atoms with van der Waals surface area (Å²) in [6.45, 7) is 0.0666. The van der Waals surface area contributed by atoms with Crippen LogP contribution in [-0.4, -0.2) is 84.1 Å². The third-order valence-corrected chi connectivity index (χ3v) is 8.66. The zero-order chi connectivity index (χ0) is 24.2. The molecule has 0 spiro atoms. The number of hydrogen-bond acceptors (Lipinski definition) is 13. The summed E-state index contributed by atoms with van der Waals surface area (Å²) in [5.41, 5.74) is 7.81. The lowest BCUT2D eigenvalue weighted by Crippen LogP contribution is -2.71. The lowest BCUT2D eigenvalue weighted by molar-refractivity contribution is -0.150. The number of aliphatic carboxylic acids is 1. The van der Waals surface area contributed by atoms with Gasteiger partial charge in [0.05, 0.1) is 5.88 Å². The average molecular weight is 562 g/mol. The minimum atomic E-state index is -1.20. The minimum absolute atomic E-state index is 0.0666. The molecule has 4 rings (SSSR count). The Labute approximate surface area is 214 Å². The van der Waals surface area contributed by atoms with Crippen molar-refractivity contribution in [2.45, 2.75) is 15.8 Å². The first-order chi connectivity index (χ1) is 16.4. The maximum absolute atomic E-state index is 12.9. The number of thiazole rings is 1. The first kappa shape index (κ1) is 24.7. The number of β-lactam (4-membered cyclic amide) rings is 1. The summed E-state index contributed by atoms with van der Waals surface area (Å²) in [7, 11) is 0. The number of aromatic nitrogens is 3. The van der Waals surface area contributed by atoms with Gasteiger partial charge in [-0.25, -0.2) is 9.78 Å². The van der Waals surface area contributed by atoms with Gasteiger partial charge in [-0.05, 0) is 5.57 Å². The second-order valence-corrected chi connectivity index (χ2v) is 11.1. The maximum atomic E-state index is 12.9. The number of nitrogen functional groups attached to an aromatic ring is 1. The standard InChI is InChI=1S/C17H16ClN7O5S4/c18-1-2-30-24-9(8-5-32-16(19)21-8)12(26)22-10-13(27)25-11(15(28)29)7(3-31-14(10)25)4-33-17-23-20-6-34-17/h5-6,10,14H,1-4H2,(H2,19,21)(H,22,26)(H,28,29)/b24-9+. The number of fused-ring (bicyclic) bond motifs is 1. The molecule has 4 N–H and O–H groups in total. The maximum Gasteiger partial charge on any atom is 0.352 e. The van der Waals surface area contributed by atoms with E-state index in [-0.39, 0.29) is 34.7 Å².